The van der Waals surface area contributed by atoms with E-state index in [1.54, 1.807) is 17.5 Å². The molecule has 0 aromatic carbocycles. The van der Waals surface area contributed by atoms with Gasteiger partial charge in [-0.3, -0.25) is 4.79 Å². The van der Waals surface area contributed by atoms with Crippen molar-refractivity contribution in [2.75, 3.05) is 19.6 Å². The van der Waals surface area contributed by atoms with Gasteiger partial charge in [-0.05, 0) is 18.4 Å². The van der Waals surface area contributed by atoms with Crippen LogP contribution in [0.1, 0.15) is 16.6 Å². The summed E-state index contributed by atoms with van der Waals surface area (Å²) in [4.78, 5) is 19.5. The van der Waals surface area contributed by atoms with Crippen LogP contribution in [0, 0.1) is 0 Å². The fraction of sp³-hybridized carbons (Fsp3) is 0.385. The van der Waals surface area contributed by atoms with Crippen molar-refractivity contribution in [2.24, 2.45) is 0 Å². The highest BCUT2D eigenvalue weighted by atomic mass is 32.1. The van der Waals surface area contributed by atoms with E-state index in [-0.39, 0.29) is 11.9 Å². The lowest BCUT2D eigenvalue weighted by Crippen LogP contribution is -2.52. The van der Waals surface area contributed by atoms with Crippen LogP contribution >= 0.6 is 22.7 Å². The number of nitrogens with zero attached hydrogens (tertiary/aromatic N) is 2. The zero-order valence-corrected chi connectivity index (χ0v) is 12.3. The predicted molar refractivity (Wildman–Crippen MR) is 78.8 cm³/mol. The minimum atomic E-state index is 0.105. The summed E-state index contributed by atoms with van der Waals surface area (Å²) < 4.78 is 0. The molecule has 0 bridgehead atoms. The average Bonchev–Trinajstić information content (AvgIpc) is 3.09. The zero-order valence-electron chi connectivity index (χ0n) is 10.6. The van der Waals surface area contributed by atoms with Gasteiger partial charge in [-0.2, -0.15) is 11.3 Å². The summed E-state index contributed by atoms with van der Waals surface area (Å²) in [5.41, 5.74) is 1.10. The molecule has 1 amide bonds. The summed E-state index contributed by atoms with van der Waals surface area (Å²) in [7, 11) is 0. The van der Waals surface area contributed by atoms with Crippen LogP contribution < -0.4 is 5.32 Å². The van der Waals surface area contributed by atoms with Crippen LogP contribution in [0.3, 0.4) is 0 Å². The number of rotatable bonds is 2. The number of thiophene rings is 1. The van der Waals surface area contributed by atoms with Crippen LogP contribution in [-0.2, 0) is 0 Å². The molecule has 3 rings (SSSR count). The summed E-state index contributed by atoms with van der Waals surface area (Å²) in [5.74, 6) is 0.105. The molecule has 0 saturated carbocycles. The quantitative estimate of drug-likeness (QED) is 0.924. The monoisotopic (exact) mass is 293 g/mol. The molecule has 4 nitrogen and oxygen atoms in total. The van der Waals surface area contributed by atoms with Crippen molar-refractivity contribution >= 4 is 28.6 Å². The molecule has 0 radical (unpaired) electrons. The molecule has 1 fully saturated rings. The smallest absolute Gasteiger partial charge is 0.265 e. The molecule has 1 atom stereocenters. The van der Waals surface area contributed by atoms with Gasteiger partial charge in [0, 0.05) is 36.6 Å². The highest BCUT2D eigenvalue weighted by Gasteiger charge is 2.25. The summed E-state index contributed by atoms with van der Waals surface area (Å²) in [6.45, 7) is 4.57. The zero-order chi connectivity index (χ0) is 13.2. The van der Waals surface area contributed by atoms with Gasteiger partial charge in [0.05, 0.1) is 6.20 Å². The molecule has 2 aromatic rings. The number of thiazole rings is 1. The minimum Gasteiger partial charge on any atom is -0.333 e. The Hall–Kier alpha value is -1.24. The maximum atomic E-state index is 12.5. The van der Waals surface area contributed by atoms with Gasteiger partial charge in [0.2, 0.25) is 0 Å². The van der Waals surface area contributed by atoms with Gasteiger partial charge in [-0.25, -0.2) is 4.98 Å². The molecule has 1 aliphatic heterocycles. The van der Waals surface area contributed by atoms with Gasteiger partial charge >= 0.3 is 0 Å². The average molecular weight is 293 g/mol. The molecular weight excluding hydrogens is 278 g/mol. The SMILES string of the molecule is C[C@H]1CNCCN1C(=O)c1cnc(-c2ccsc2)s1. The maximum Gasteiger partial charge on any atom is 0.265 e. The first-order valence-corrected chi connectivity index (χ1v) is 8.01. The van der Waals surface area contributed by atoms with Crippen molar-refractivity contribution in [2.45, 2.75) is 13.0 Å². The Labute approximate surface area is 120 Å². The number of piperazine rings is 1. The molecule has 3 heterocycles. The fourth-order valence-electron chi connectivity index (χ4n) is 2.18. The summed E-state index contributed by atoms with van der Waals surface area (Å²) in [6, 6.07) is 2.28. The molecule has 1 aliphatic rings. The second kappa shape index (κ2) is 5.40. The van der Waals surface area contributed by atoms with Crippen LogP contribution in [-0.4, -0.2) is 41.5 Å². The molecule has 19 heavy (non-hydrogen) atoms. The highest BCUT2D eigenvalue weighted by Crippen LogP contribution is 2.28. The number of carbonyl (C=O) groups is 1. The van der Waals surface area contributed by atoms with Crippen molar-refractivity contribution in [3.63, 3.8) is 0 Å². The van der Waals surface area contributed by atoms with Gasteiger partial charge in [-0.15, -0.1) is 11.3 Å². The van der Waals surface area contributed by atoms with Crippen molar-refractivity contribution in [3.8, 4) is 10.6 Å². The molecule has 0 spiro atoms. The maximum absolute atomic E-state index is 12.5. The third-order valence-corrected chi connectivity index (χ3v) is 4.96. The molecular formula is C13H15N3OS2. The molecule has 1 N–H and O–H groups in total. The van der Waals surface area contributed by atoms with Crippen molar-refractivity contribution in [1.29, 1.82) is 0 Å². The van der Waals surface area contributed by atoms with Crippen LogP contribution in [0.5, 0.6) is 0 Å². The second-order valence-electron chi connectivity index (χ2n) is 4.59. The van der Waals surface area contributed by atoms with E-state index in [1.165, 1.54) is 11.3 Å². The Morgan fingerprint density at radius 1 is 1.58 bits per heavy atom. The van der Waals surface area contributed by atoms with Gasteiger partial charge in [0.15, 0.2) is 0 Å². The molecule has 0 aliphatic carbocycles. The largest absolute Gasteiger partial charge is 0.333 e. The highest BCUT2D eigenvalue weighted by molar-refractivity contribution is 7.17. The lowest BCUT2D eigenvalue weighted by atomic mass is 10.2. The van der Waals surface area contributed by atoms with Gasteiger partial charge < -0.3 is 10.2 Å². The summed E-state index contributed by atoms with van der Waals surface area (Å²) in [6.07, 6.45) is 1.70. The van der Waals surface area contributed by atoms with E-state index in [1.807, 2.05) is 16.3 Å². The first-order valence-electron chi connectivity index (χ1n) is 6.26. The topological polar surface area (TPSA) is 45.2 Å². The van der Waals surface area contributed by atoms with E-state index in [0.29, 0.717) is 0 Å². The third-order valence-electron chi connectivity index (χ3n) is 3.25. The number of nitrogens with one attached hydrogen (secondary N) is 1. The number of aromatic nitrogens is 1. The van der Waals surface area contributed by atoms with Crippen LogP contribution in [0.25, 0.3) is 10.6 Å². The Balaban J connectivity index is 1.80. The number of hydrogen-bond donors (Lipinski definition) is 1. The summed E-state index contributed by atoms with van der Waals surface area (Å²) >= 11 is 3.12. The van der Waals surface area contributed by atoms with E-state index < -0.39 is 0 Å². The van der Waals surface area contributed by atoms with Crippen LogP contribution in [0.2, 0.25) is 0 Å². The second-order valence-corrected chi connectivity index (χ2v) is 6.40. The van der Waals surface area contributed by atoms with E-state index in [0.717, 1.165) is 35.1 Å². The van der Waals surface area contributed by atoms with Gasteiger partial charge in [0.25, 0.3) is 5.91 Å². The van der Waals surface area contributed by atoms with Gasteiger partial charge in [0.1, 0.15) is 9.88 Å². The number of hydrogen-bond acceptors (Lipinski definition) is 5. The van der Waals surface area contributed by atoms with Crippen molar-refractivity contribution in [3.05, 3.63) is 27.9 Å². The van der Waals surface area contributed by atoms with E-state index >= 15 is 0 Å². The Morgan fingerprint density at radius 3 is 3.21 bits per heavy atom. The number of amides is 1. The van der Waals surface area contributed by atoms with Crippen molar-refractivity contribution in [1.82, 2.24) is 15.2 Å². The Bertz CT molecular complexity index is 564. The standard InChI is InChI=1S/C13H15N3OS2/c1-9-6-14-3-4-16(9)13(17)11-7-15-12(19-11)10-2-5-18-8-10/h2,5,7-9,14H,3-4,6H2,1H3/t9-/m0/s1. The molecule has 1 saturated heterocycles. The molecule has 100 valence electrons. The lowest BCUT2D eigenvalue weighted by molar-refractivity contribution is 0.0660. The Kier molecular flexibility index (Phi) is 3.63. The van der Waals surface area contributed by atoms with Crippen LogP contribution in [0.4, 0.5) is 0 Å². The lowest BCUT2D eigenvalue weighted by Gasteiger charge is -2.33. The first-order chi connectivity index (χ1) is 9.25. The molecule has 6 heteroatoms. The summed E-state index contributed by atoms with van der Waals surface area (Å²) in [5, 5.41) is 8.30. The fourth-order valence-corrected chi connectivity index (χ4v) is 3.76. The van der Waals surface area contributed by atoms with Crippen LogP contribution in [0.15, 0.2) is 23.0 Å². The van der Waals surface area contributed by atoms with Crippen molar-refractivity contribution < 1.29 is 4.79 Å². The van der Waals surface area contributed by atoms with E-state index in [4.69, 9.17) is 0 Å². The minimum absolute atomic E-state index is 0.105. The van der Waals surface area contributed by atoms with Gasteiger partial charge in [-0.1, -0.05) is 0 Å². The van der Waals surface area contributed by atoms with E-state index in [2.05, 4.69) is 22.6 Å². The first kappa shape index (κ1) is 12.8. The predicted octanol–water partition coefficient (Wildman–Crippen LogP) is 2.31. The normalized spacial score (nSPS) is 19.6. The molecule has 0 unspecified atom stereocenters. The van der Waals surface area contributed by atoms with E-state index in [9.17, 15) is 4.79 Å². The number of carbonyl (C=O) groups excluding carboxylic acids is 1. The third kappa shape index (κ3) is 2.56. The Morgan fingerprint density at radius 2 is 2.47 bits per heavy atom. The molecule has 2 aromatic heterocycles.